The predicted molar refractivity (Wildman–Crippen MR) is 148 cm³/mol. The van der Waals surface area contributed by atoms with Crippen molar-refractivity contribution in [2.75, 3.05) is 4.90 Å². The van der Waals surface area contributed by atoms with Crippen molar-refractivity contribution in [2.24, 2.45) is 11.8 Å². The third-order valence-electron chi connectivity index (χ3n) is 7.73. The topological polar surface area (TPSA) is 92.6 Å². The lowest BCUT2D eigenvalue weighted by molar-refractivity contribution is -0.139. The summed E-state index contributed by atoms with van der Waals surface area (Å²) < 4.78 is 63.0. The van der Waals surface area contributed by atoms with Gasteiger partial charge < -0.3 is 14.7 Å². The van der Waals surface area contributed by atoms with E-state index in [4.69, 9.17) is 4.74 Å². The Hall–Kier alpha value is -4.02. The largest absolute Gasteiger partial charge is 0.478 e. The fourth-order valence-electron chi connectivity index (χ4n) is 5.27. The molecule has 0 saturated heterocycles. The third-order valence-corrected chi connectivity index (χ3v) is 7.73. The van der Waals surface area contributed by atoms with Gasteiger partial charge in [0.15, 0.2) is 11.6 Å². The zero-order valence-electron chi connectivity index (χ0n) is 23.8. The van der Waals surface area contributed by atoms with Gasteiger partial charge >= 0.3 is 12.1 Å². The van der Waals surface area contributed by atoms with Gasteiger partial charge in [-0.15, -0.1) is 0 Å². The molecule has 1 unspecified atom stereocenters. The molecule has 1 N–H and O–H groups in total. The minimum absolute atomic E-state index is 0.185. The zero-order valence-corrected chi connectivity index (χ0v) is 23.8. The number of nitrogens with zero attached hydrogens (tertiary/aromatic N) is 3. The molecule has 1 aliphatic carbocycles. The predicted octanol–water partition coefficient (Wildman–Crippen LogP) is 7.84. The van der Waals surface area contributed by atoms with Crippen LogP contribution in [0, 0.1) is 17.7 Å². The maximum absolute atomic E-state index is 15.4. The van der Waals surface area contributed by atoms with E-state index in [2.05, 4.69) is 16.9 Å². The molecule has 4 rings (SSSR count). The van der Waals surface area contributed by atoms with E-state index in [1.54, 1.807) is 39.1 Å². The first-order valence-electron chi connectivity index (χ1n) is 13.8. The van der Waals surface area contributed by atoms with E-state index in [1.165, 1.54) is 17.3 Å². The number of carbonyl (C=O) groups excluding carboxylic acids is 1. The zero-order chi connectivity index (χ0) is 30.8. The van der Waals surface area contributed by atoms with Gasteiger partial charge in [0.2, 0.25) is 11.8 Å². The molecule has 0 spiro atoms. The summed E-state index contributed by atoms with van der Waals surface area (Å²) in [5.41, 5.74) is -1.01. The van der Waals surface area contributed by atoms with Gasteiger partial charge in [-0.25, -0.2) is 14.2 Å². The number of aromatic nitrogens is 2. The molecule has 224 valence electrons. The number of aromatic carboxylic acids is 1. The van der Waals surface area contributed by atoms with Crippen LogP contribution in [0.3, 0.4) is 0 Å². The Morgan fingerprint density at radius 1 is 1.05 bits per heavy atom. The Morgan fingerprint density at radius 2 is 1.74 bits per heavy atom. The van der Waals surface area contributed by atoms with Gasteiger partial charge in [0.05, 0.1) is 11.3 Å². The second-order valence-corrected chi connectivity index (χ2v) is 11.1. The lowest BCUT2D eigenvalue weighted by Crippen LogP contribution is -2.43. The van der Waals surface area contributed by atoms with E-state index in [1.807, 2.05) is 0 Å². The second-order valence-electron chi connectivity index (χ2n) is 11.1. The van der Waals surface area contributed by atoms with Crippen molar-refractivity contribution >= 4 is 17.6 Å². The average molecular weight is 588 g/mol. The van der Waals surface area contributed by atoms with Crippen molar-refractivity contribution in [3.05, 3.63) is 77.0 Å². The number of rotatable bonds is 8. The number of hydrogen-bond donors (Lipinski definition) is 1. The summed E-state index contributed by atoms with van der Waals surface area (Å²) in [6, 6.07) is 5.38. The van der Waals surface area contributed by atoms with Crippen LogP contribution in [0.4, 0.5) is 23.2 Å². The fraction of sp³-hybridized carbons (Fsp3) is 0.419. The van der Waals surface area contributed by atoms with E-state index in [0.717, 1.165) is 31.0 Å². The molecule has 11 heteroatoms. The number of carboxylic acid groups (broad SMARTS) is 1. The fourth-order valence-corrected chi connectivity index (χ4v) is 5.27. The summed E-state index contributed by atoms with van der Waals surface area (Å²) in [5.74, 6) is -4.97. The molecule has 0 aliphatic heterocycles. The SMILES string of the molecule is CC1CCC(C(=O)N(c2cc(F)c(Oc3ncc(C(C)c4cccnc4)cc3C(F)(F)F)cc2C(=O)O)C(C)C)CC1. The van der Waals surface area contributed by atoms with E-state index < -0.39 is 52.7 Å². The number of benzene rings is 1. The first-order valence-corrected chi connectivity index (χ1v) is 13.8. The van der Waals surface area contributed by atoms with Crippen LogP contribution in [-0.4, -0.2) is 33.0 Å². The minimum atomic E-state index is -4.91. The van der Waals surface area contributed by atoms with Crippen LogP contribution >= 0.6 is 0 Å². The van der Waals surface area contributed by atoms with Gasteiger partial charge in [-0.05, 0) is 68.7 Å². The lowest BCUT2D eigenvalue weighted by Gasteiger charge is -2.34. The number of anilines is 1. The summed E-state index contributed by atoms with van der Waals surface area (Å²) in [6.45, 7) is 7.17. The summed E-state index contributed by atoms with van der Waals surface area (Å²) in [4.78, 5) is 34.9. The minimum Gasteiger partial charge on any atom is -0.478 e. The number of carboxylic acids is 1. The van der Waals surface area contributed by atoms with E-state index in [0.29, 0.717) is 24.3 Å². The molecular formula is C31H33F4N3O4. The quantitative estimate of drug-likeness (QED) is 0.270. The van der Waals surface area contributed by atoms with Gasteiger partial charge in [-0.1, -0.05) is 19.9 Å². The van der Waals surface area contributed by atoms with E-state index in [9.17, 15) is 27.9 Å². The van der Waals surface area contributed by atoms with Crippen molar-refractivity contribution in [3.8, 4) is 11.6 Å². The van der Waals surface area contributed by atoms with Crippen LogP contribution in [0.2, 0.25) is 0 Å². The van der Waals surface area contributed by atoms with E-state index >= 15 is 4.39 Å². The van der Waals surface area contributed by atoms with Gasteiger partial charge in [-0.2, -0.15) is 13.2 Å². The Kier molecular flexibility index (Phi) is 9.18. The van der Waals surface area contributed by atoms with Gasteiger partial charge in [-0.3, -0.25) is 9.78 Å². The monoisotopic (exact) mass is 587 g/mol. The second kappa shape index (κ2) is 12.5. The number of ether oxygens (including phenoxy) is 1. The Labute approximate surface area is 241 Å². The average Bonchev–Trinajstić information content (AvgIpc) is 2.94. The van der Waals surface area contributed by atoms with Crippen LogP contribution in [-0.2, 0) is 11.0 Å². The highest BCUT2D eigenvalue weighted by Gasteiger charge is 2.37. The molecule has 1 amide bonds. The maximum atomic E-state index is 15.4. The van der Waals surface area contributed by atoms with Crippen LogP contribution in [0.5, 0.6) is 11.6 Å². The highest BCUT2D eigenvalue weighted by molar-refractivity contribution is 6.03. The van der Waals surface area contributed by atoms with Gasteiger partial charge in [0.1, 0.15) is 5.56 Å². The number of hydrogen-bond acceptors (Lipinski definition) is 5. The van der Waals surface area contributed by atoms with Crippen LogP contribution in [0.1, 0.15) is 86.3 Å². The van der Waals surface area contributed by atoms with Crippen molar-refractivity contribution in [3.63, 3.8) is 0 Å². The number of amides is 1. The summed E-state index contributed by atoms with van der Waals surface area (Å²) in [6.07, 6.45) is 2.34. The molecule has 3 aromatic rings. The Bertz CT molecular complexity index is 1440. The molecule has 1 aromatic carbocycles. The molecule has 2 heterocycles. The number of carbonyl (C=O) groups is 2. The van der Waals surface area contributed by atoms with Gasteiger partial charge in [0.25, 0.3) is 0 Å². The van der Waals surface area contributed by atoms with Crippen LogP contribution < -0.4 is 9.64 Å². The van der Waals surface area contributed by atoms with Gasteiger partial charge in [0, 0.05) is 48.6 Å². The summed E-state index contributed by atoms with van der Waals surface area (Å²) >= 11 is 0. The van der Waals surface area contributed by atoms with E-state index in [-0.39, 0.29) is 23.1 Å². The number of pyridine rings is 2. The van der Waals surface area contributed by atoms with Crippen LogP contribution in [0.15, 0.2) is 48.9 Å². The van der Waals surface area contributed by atoms with Crippen molar-refractivity contribution < 1.29 is 37.0 Å². The third kappa shape index (κ3) is 6.71. The smallest absolute Gasteiger partial charge is 0.421 e. The summed E-state index contributed by atoms with van der Waals surface area (Å²) in [7, 11) is 0. The first kappa shape index (κ1) is 30.9. The molecule has 42 heavy (non-hydrogen) atoms. The highest BCUT2D eigenvalue weighted by Crippen LogP contribution is 2.41. The molecule has 1 aliphatic rings. The summed E-state index contributed by atoms with van der Waals surface area (Å²) in [5, 5.41) is 9.98. The van der Waals surface area contributed by atoms with Crippen molar-refractivity contribution in [2.45, 2.75) is 71.5 Å². The molecule has 7 nitrogen and oxygen atoms in total. The molecule has 1 atom stereocenters. The highest BCUT2D eigenvalue weighted by atomic mass is 19.4. The Balaban J connectivity index is 1.72. The number of alkyl halides is 3. The molecule has 1 fully saturated rings. The standard InChI is InChI=1S/C31H33F4N3O4/c1-17(2)38(29(39)20-9-7-18(3)8-10-20)26-14-25(32)27(13-23(26)30(40)41)42-28-24(31(33,34)35)12-22(16-37-28)19(4)21-6-5-11-36-15-21/h5-6,11-20H,7-10H2,1-4H3,(H,40,41). The molecular weight excluding hydrogens is 554 g/mol. The van der Waals surface area contributed by atoms with Crippen molar-refractivity contribution in [1.82, 2.24) is 9.97 Å². The number of halogens is 4. The first-order chi connectivity index (χ1) is 19.8. The Morgan fingerprint density at radius 3 is 2.31 bits per heavy atom. The normalized spacial score (nSPS) is 18.0. The molecule has 2 aromatic heterocycles. The molecule has 1 saturated carbocycles. The molecule has 0 bridgehead atoms. The van der Waals surface area contributed by atoms with Crippen LogP contribution in [0.25, 0.3) is 0 Å². The molecule has 0 radical (unpaired) electrons. The lowest BCUT2D eigenvalue weighted by atomic mass is 9.82. The van der Waals surface area contributed by atoms with Crippen molar-refractivity contribution in [1.29, 1.82) is 0 Å². The maximum Gasteiger partial charge on any atom is 0.421 e.